The Bertz CT molecular complexity index is 1260. The number of aromatic nitrogens is 4. The van der Waals surface area contributed by atoms with Gasteiger partial charge in [-0.15, -0.1) is 5.10 Å². The number of rotatable bonds is 3. The number of nitrogen functional groups attached to an aromatic ring is 1. The smallest absolute Gasteiger partial charge is 0.417 e. The zero-order valence-electron chi connectivity index (χ0n) is 16.5. The molecule has 2 atom stereocenters. The molecule has 1 aliphatic heterocycles. The van der Waals surface area contributed by atoms with Crippen molar-refractivity contribution < 1.29 is 27.9 Å². The number of nitrogens with two attached hydrogens (primary N) is 1. The molecule has 0 amide bonds. The lowest BCUT2D eigenvalue weighted by Crippen LogP contribution is -2.43. The van der Waals surface area contributed by atoms with E-state index in [9.17, 15) is 27.9 Å². The van der Waals surface area contributed by atoms with Crippen LogP contribution in [0.2, 0.25) is 0 Å². The molecule has 1 saturated heterocycles. The molecule has 0 radical (unpaired) electrons. The molecule has 12 heteroatoms. The fraction of sp³-hybridized carbons (Fsp3) is 0.350. The topological polar surface area (TPSA) is 127 Å². The number of piperidine rings is 1. The zero-order valence-corrected chi connectivity index (χ0v) is 16.5. The number of carboxylic acid groups (broad SMARTS) is 1. The maximum absolute atomic E-state index is 13.7. The lowest BCUT2D eigenvalue weighted by atomic mass is 9.97. The van der Waals surface area contributed by atoms with Crippen LogP contribution in [0.5, 0.6) is 0 Å². The highest BCUT2D eigenvalue weighted by atomic mass is 19.4. The fourth-order valence-electron chi connectivity index (χ4n) is 4.49. The molecule has 3 aromatic rings. The van der Waals surface area contributed by atoms with Crippen LogP contribution in [0, 0.1) is 11.8 Å². The average Bonchev–Trinajstić information content (AvgIpc) is 3.22. The van der Waals surface area contributed by atoms with Crippen LogP contribution in [0.25, 0.3) is 16.9 Å². The third-order valence-corrected chi connectivity index (χ3v) is 6.01. The van der Waals surface area contributed by atoms with E-state index < -0.39 is 17.7 Å². The first kappa shape index (κ1) is 20.2. The summed E-state index contributed by atoms with van der Waals surface area (Å²) in [5.41, 5.74) is 4.29. The molecule has 32 heavy (non-hydrogen) atoms. The van der Waals surface area contributed by atoms with Crippen molar-refractivity contribution in [2.45, 2.75) is 19.0 Å². The van der Waals surface area contributed by atoms with E-state index in [2.05, 4.69) is 15.1 Å². The molecule has 9 nitrogen and oxygen atoms in total. The van der Waals surface area contributed by atoms with E-state index in [4.69, 9.17) is 5.73 Å². The van der Waals surface area contributed by atoms with E-state index in [1.165, 1.54) is 16.8 Å². The van der Waals surface area contributed by atoms with Gasteiger partial charge in [0.1, 0.15) is 17.1 Å². The summed E-state index contributed by atoms with van der Waals surface area (Å²) >= 11 is 0. The van der Waals surface area contributed by atoms with Crippen LogP contribution in [0.15, 0.2) is 24.5 Å². The number of carbonyl (C=O) groups is 2. The van der Waals surface area contributed by atoms with Crippen molar-refractivity contribution >= 4 is 28.9 Å². The van der Waals surface area contributed by atoms with Gasteiger partial charge in [-0.25, -0.2) is 19.3 Å². The van der Waals surface area contributed by atoms with Gasteiger partial charge in [-0.3, -0.25) is 4.79 Å². The summed E-state index contributed by atoms with van der Waals surface area (Å²) in [6.45, 7) is 0.724. The number of hydrogen-bond donors (Lipinski definition) is 2. The highest BCUT2D eigenvalue weighted by molar-refractivity contribution is 5.92. The van der Waals surface area contributed by atoms with Crippen LogP contribution in [0.1, 0.15) is 28.8 Å². The third-order valence-electron chi connectivity index (χ3n) is 6.01. The molecule has 0 spiro atoms. The van der Waals surface area contributed by atoms with Gasteiger partial charge in [-0.05, 0) is 25.0 Å². The van der Waals surface area contributed by atoms with E-state index in [1.54, 1.807) is 0 Å². The van der Waals surface area contributed by atoms with Gasteiger partial charge in [0.25, 0.3) is 0 Å². The van der Waals surface area contributed by atoms with E-state index in [1.807, 2.05) is 4.90 Å². The number of carbonyl (C=O) groups excluding carboxylic acids is 1. The zero-order chi connectivity index (χ0) is 22.8. The molecule has 4 heterocycles. The molecule has 166 valence electrons. The second-order valence-electron chi connectivity index (χ2n) is 8.05. The number of carboxylic acids is 1. The van der Waals surface area contributed by atoms with Crippen molar-refractivity contribution in [1.82, 2.24) is 19.6 Å². The Hall–Kier alpha value is -3.70. The van der Waals surface area contributed by atoms with E-state index in [0.29, 0.717) is 24.7 Å². The third kappa shape index (κ3) is 3.22. The van der Waals surface area contributed by atoms with Crippen molar-refractivity contribution in [3.8, 4) is 11.4 Å². The number of fused-ring (bicyclic) bond motifs is 3. The van der Waals surface area contributed by atoms with Gasteiger partial charge in [0.05, 0.1) is 16.7 Å². The number of nitrogens with zero attached hydrogens (tertiary/aromatic N) is 5. The van der Waals surface area contributed by atoms with Gasteiger partial charge in [0.15, 0.2) is 11.6 Å². The molecule has 2 bridgehead atoms. The number of Topliss-reactive ketones (excluding diaryl/α,β-unsaturated/α-hetero) is 1. The predicted molar refractivity (Wildman–Crippen MR) is 106 cm³/mol. The summed E-state index contributed by atoms with van der Waals surface area (Å²) < 4.78 is 42.2. The largest absolute Gasteiger partial charge is 0.478 e. The molecule has 2 fully saturated rings. The Morgan fingerprint density at radius 2 is 1.88 bits per heavy atom. The highest BCUT2D eigenvalue weighted by Crippen LogP contribution is 2.39. The first-order valence-corrected chi connectivity index (χ1v) is 9.87. The van der Waals surface area contributed by atoms with E-state index in [-0.39, 0.29) is 46.2 Å². The average molecular weight is 446 g/mol. The molecule has 2 aliphatic rings. The number of halogens is 3. The van der Waals surface area contributed by atoms with Crippen LogP contribution in [-0.2, 0) is 11.0 Å². The predicted octanol–water partition coefficient (Wildman–Crippen LogP) is 2.51. The van der Waals surface area contributed by atoms with Gasteiger partial charge >= 0.3 is 12.1 Å². The van der Waals surface area contributed by atoms with E-state index >= 15 is 0 Å². The number of pyridine rings is 1. The Balaban J connectivity index is 1.71. The van der Waals surface area contributed by atoms with Gasteiger partial charge in [0.2, 0.25) is 0 Å². The van der Waals surface area contributed by atoms with Gasteiger partial charge in [-0.1, -0.05) is 0 Å². The summed E-state index contributed by atoms with van der Waals surface area (Å²) in [4.78, 5) is 33.8. The van der Waals surface area contributed by atoms with Crippen molar-refractivity contribution in [2.24, 2.45) is 11.8 Å². The van der Waals surface area contributed by atoms with Gasteiger partial charge in [0, 0.05) is 37.3 Å². The van der Waals surface area contributed by atoms with Crippen LogP contribution in [-0.4, -0.2) is 49.5 Å². The molecule has 0 aromatic carbocycles. The molecular weight excluding hydrogens is 429 g/mol. The first-order valence-electron chi connectivity index (χ1n) is 9.87. The Labute approximate surface area is 178 Å². The summed E-state index contributed by atoms with van der Waals surface area (Å²) in [7, 11) is 0. The highest BCUT2D eigenvalue weighted by Gasteiger charge is 2.42. The maximum Gasteiger partial charge on any atom is 0.417 e. The van der Waals surface area contributed by atoms with Crippen molar-refractivity contribution in [3.05, 3.63) is 35.7 Å². The number of anilines is 2. The minimum Gasteiger partial charge on any atom is -0.478 e. The van der Waals surface area contributed by atoms with Crippen molar-refractivity contribution in [2.75, 3.05) is 23.7 Å². The second-order valence-corrected chi connectivity index (χ2v) is 8.05. The molecule has 5 rings (SSSR count). The molecule has 1 saturated carbocycles. The van der Waals surface area contributed by atoms with Crippen LogP contribution >= 0.6 is 0 Å². The normalized spacial score (nSPS) is 20.8. The second kappa shape index (κ2) is 6.90. The number of alkyl halides is 3. The maximum atomic E-state index is 13.7. The fourth-order valence-corrected chi connectivity index (χ4v) is 4.49. The lowest BCUT2D eigenvalue weighted by molar-refractivity contribution is -0.137. The number of aromatic carboxylic acids is 1. The summed E-state index contributed by atoms with van der Waals surface area (Å²) in [5.74, 6) is -1.67. The van der Waals surface area contributed by atoms with E-state index in [0.717, 1.165) is 19.0 Å². The minimum absolute atomic E-state index is 0.0831. The Kier molecular flexibility index (Phi) is 4.36. The molecule has 3 N–H and O–H groups in total. The van der Waals surface area contributed by atoms with Crippen LogP contribution < -0.4 is 10.6 Å². The van der Waals surface area contributed by atoms with Crippen LogP contribution in [0.4, 0.5) is 24.8 Å². The monoisotopic (exact) mass is 446 g/mol. The molecule has 3 aromatic heterocycles. The molecular formula is C20H17F3N6O3. The summed E-state index contributed by atoms with van der Waals surface area (Å²) in [5, 5.41) is 13.5. The number of hydrogen-bond acceptors (Lipinski definition) is 7. The van der Waals surface area contributed by atoms with Gasteiger partial charge < -0.3 is 15.7 Å². The van der Waals surface area contributed by atoms with Crippen molar-refractivity contribution in [3.63, 3.8) is 0 Å². The summed E-state index contributed by atoms with van der Waals surface area (Å²) in [6.07, 6.45) is -1.07. The lowest BCUT2D eigenvalue weighted by Gasteiger charge is -2.32. The standard InChI is InChI=1S/C20H17F3N6O3/c21-20(22,23)13-4-15(24)25-5-12(13)17-26-18(14-3-11(19(31)32)8-29(14)27-17)28-6-9-1-2-10(7-28)16(9)30/h3-5,8-10H,1-2,6-7H2,(H2,24,25)(H,31,32). The summed E-state index contributed by atoms with van der Waals surface area (Å²) in [6, 6.07) is 2.08. The Morgan fingerprint density at radius 1 is 1.19 bits per heavy atom. The SMILES string of the molecule is Nc1cc(C(F)(F)F)c(-c2nc(N3CC4CCC(C3)C4=O)c3cc(C(=O)O)cn3n2)cn1. The molecule has 1 aliphatic carbocycles. The van der Waals surface area contributed by atoms with Gasteiger partial charge in [-0.2, -0.15) is 13.2 Å². The number of ketones is 1. The quantitative estimate of drug-likeness (QED) is 0.628. The first-order chi connectivity index (χ1) is 15.1. The van der Waals surface area contributed by atoms with Crippen LogP contribution in [0.3, 0.4) is 0 Å². The molecule has 2 unspecified atom stereocenters. The van der Waals surface area contributed by atoms with Crippen molar-refractivity contribution in [1.29, 1.82) is 0 Å². The Morgan fingerprint density at radius 3 is 2.50 bits per heavy atom. The minimum atomic E-state index is -4.73.